The molecule has 1 aliphatic rings. The van der Waals surface area contributed by atoms with Gasteiger partial charge in [-0.2, -0.15) is 0 Å². The Balaban J connectivity index is 2.01. The lowest BCUT2D eigenvalue weighted by atomic mass is 9.95. The predicted molar refractivity (Wildman–Crippen MR) is 151 cm³/mol. The minimum Gasteiger partial charge on any atom is -0.496 e. The number of ether oxygens (including phenoxy) is 3. The number of methoxy groups -OCH3 is 1. The molecule has 0 radical (unpaired) electrons. The number of rotatable bonds is 7. The third-order valence-corrected chi connectivity index (χ3v) is 7.59. The van der Waals surface area contributed by atoms with E-state index in [1.54, 1.807) is 37.7 Å². The van der Waals surface area contributed by atoms with Crippen molar-refractivity contribution in [2.75, 3.05) is 13.7 Å². The van der Waals surface area contributed by atoms with Gasteiger partial charge in [0, 0.05) is 20.1 Å². The lowest BCUT2D eigenvalue weighted by Crippen LogP contribution is -2.40. The highest BCUT2D eigenvalue weighted by molar-refractivity contribution is 9.10. The van der Waals surface area contributed by atoms with E-state index in [-0.39, 0.29) is 18.3 Å². The topological polar surface area (TPSA) is 79.1 Å². The number of nitrogens with zero attached hydrogens (tertiary/aromatic N) is 2. The molecule has 0 spiro atoms. The molecule has 4 rings (SSSR count). The number of aromatic nitrogens is 1. The Bertz CT molecular complexity index is 1570. The molecule has 194 valence electrons. The van der Waals surface area contributed by atoms with Crippen LogP contribution in [0.2, 0.25) is 0 Å². The van der Waals surface area contributed by atoms with Gasteiger partial charge in [0.25, 0.3) is 5.56 Å². The maximum Gasteiger partial charge on any atom is 0.338 e. The zero-order valence-electron chi connectivity index (χ0n) is 21.0. The number of allylic oxidation sites excluding steroid dienone is 1. The number of halogens is 2. The molecule has 0 fully saturated rings. The number of thiazole rings is 1. The zero-order chi connectivity index (χ0) is 26.9. The van der Waals surface area contributed by atoms with Crippen LogP contribution < -0.4 is 24.4 Å². The maximum absolute atomic E-state index is 13.9. The largest absolute Gasteiger partial charge is 0.496 e. The third-order valence-electron chi connectivity index (χ3n) is 5.62. The molecule has 10 heteroatoms. The van der Waals surface area contributed by atoms with Crippen molar-refractivity contribution in [3.05, 3.63) is 87.4 Å². The van der Waals surface area contributed by atoms with Crippen molar-refractivity contribution in [1.82, 2.24) is 4.57 Å². The van der Waals surface area contributed by atoms with Gasteiger partial charge in [-0.15, -0.1) is 0 Å². The van der Waals surface area contributed by atoms with E-state index < -0.39 is 12.0 Å². The molecule has 0 unspecified atom stereocenters. The Hall–Kier alpha value is -2.69. The quantitative estimate of drug-likeness (QED) is 0.332. The van der Waals surface area contributed by atoms with E-state index in [1.165, 1.54) is 11.3 Å². The van der Waals surface area contributed by atoms with E-state index in [9.17, 15) is 9.59 Å². The van der Waals surface area contributed by atoms with E-state index >= 15 is 0 Å². The van der Waals surface area contributed by atoms with Crippen molar-refractivity contribution >= 4 is 55.2 Å². The summed E-state index contributed by atoms with van der Waals surface area (Å²) in [5.74, 6) is 0.682. The summed E-state index contributed by atoms with van der Waals surface area (Å²) in [6.45, 7) is 7.59. The van der Waals surface area contributed by atoms with Gasteiger partial charge in [-0.1, -0.05) is 43.2 Å². The summed E-state index contributed by atoms with van der Waals surface area (Å²) in [6.07, 6.45) is 1.76. The Morgan fingerprint density at radius 2 is 1.84 bits per heavy atom. The van der Waals surface area contributed by atoms with Crippen molar-refractivity contribution in [2.45, 2.75) is 39.8 Å². The van der Waals surface area contributed by atoms with E-state index in [1.807, 2.05) is 44.2 Å². The first-order valence-corrected chi connectivity index (χ1v) is 14.0. The van der Waals surface area contributed by atoms with Gasteiger partial charge in [-0.05, 0) is 70.2 Å². The number of fused-ring (bicyclic) bond motifs is 1. The molecule has 0 saturated carbocycles. The highest BCUT2D eigenvalue weighted by Gasteiger charge is 2.35. The van der Waals surface area contributed by atoms with Gasteiger partial charge >= 0.3 is 5.97 Å². The number of carbonyl (C=O) groups excluding carboxylic acids is 1. The van der Waals surface area contributed by atoms with Crippen LogP contribution >= 0.6 is 43.2 Å². The van der Waals surface area contributed by atoms with Crippen LogP contribution in [0.5, 0.6) is 11.5 Å². The highest BCUT2D eigenvalue weighted by atomic mass is 79.9. The molecule has 0 saturated heterocycles. The van der Waals surface area contributed by atoms with Crippen LogP contribution in [-0.2, 0) is 9.53 Å². The fraction of sp³-hybridized carbons (Fsp3) is 0.296. The molecule has 7 nitrogen and oxygen atoms in total. The molecule has 2 heterocycles. The van der Waals surface area contributed by atoms with Crippen LogP contribution in [0.15, 0.2) is 66.4 Å². The molecule has 2 aromatic carbocycles. The number of hydrogen-bond acceptors (Lipinski definition) is 7. The lowest BCUT2D eigenvalue weighted by Gasteiger charge is -2.26. The monoisotopic (exact) mass is 648 g/mol. The number of esters is 1. The molecule has 0 aliphatic carbocycles. The molecule has 0 amide bonds. The molecule has 0 bridgehead atoms. The minimum absolute atomic E-state index is 0.0340. The van der Waals surface area contributed by atoms with E-state index in [0.29, 0.717) is 37.7 Å². The fourth-order valence-electron chi connectivity index (χ4n) is 4.14. The second-order valence-electron chi connectivity index (χ2n) is 8.54. The number of benzene rings is 2. The molecule has 3 aromatic rings. The smallest absolute Gasteiger partial charge is 0.338 e. The van der Waals surface area contributed by atoms with Gasteiger partial charge in [0.2, 0.25) is 0 Å². The van der Waals surface area contributed by atoms with Crippen LogP contribution in [0.4, 0.5) is 0 Å². The molecule has 1 atom stereocenters. The van der Waals surface area contributed by atoms with Crippen LogP contribution in [0.3, 0.4) is 0 Å². The lowest BCUT2D eigenvalue weighted by molar-refractivity contribution is -0.139. The Labute approximate surface area is 235 Å². The first-order valence-electron chi connectivity index (χ1n) is 11.6. The summed E-state index contributed by atoms with van der Waals surface area (Å²) in [5, 5.41) is 0. The minimum atomic E-state index is -0.779. The Morgan fingerprint density at radius 3 is 2.49 bits per heavy atom. The van der Waals surface area contributed by atoms with Gasteiger partial charge in [0.1, 0.15) is 17.5 Å². The average molecular weight is 650 g/mol. The van der Waals surface area contributed by atoms with E-state index in [0.717, 1.165) is 14.5 Å². The normalized spacial score (nSPS) is 15.5. The molecule has 1 aliphatic heterocycles. The number of hydrogen-bond donors (Lipinski definition) is 0. The van der Waals surface area contributed by atoms with Crippen LogP contribution in [0.1, 0.15) is 44.9 Å². The third kappa shape index (κ3) is 5.61. The average Bonchev–Trinajstić information content (AvgIpc) is 3.14. The van der Waals surface area contributed by atoms with Crippen molar-refractivity contribution < 1.29 is 19.0 Å². The summed E-state index contributed by atoms with van der Waals surface area (Å²) < 4.78 is 20.6. The van der Waals surface area contributed by atoms with Gasteiger partial charge in [0.05, 0.1) is 35.6 Å². The van der Waals surface area contributed by atoms with E-state index in [2.05, 4.69) is 36.9 Å². The summed E-state index contributed by atoms with van der Waals surface area (Å²) in [6, 6.07) is 10.4. The van der Waals surface area contributed by atoms with E-state index in [4.69, 9.17) is 14.2 Å². The van der Waals surface area contributed by atoms with Gasteiger partial charge in [-0.3, -0.25) is 9.36 Å². The second kappa shape index (κ2) is 11.4. The summed E-state index contributed by atoms with van der Waals surface area (Å²) in [4.78, 5) is 32.2. The SMILES string of the molecule is CCOC(=O)C1=C(C)N=c2s/c(=C\c3cc(Br)ccc3OC(C)C)c(=O)n2[C@@H]1c1cc(Br)ccc1OC. The van der Waals surface area contributed by atoms with Crippen molar-refractivity contribution in [1.29, 1.82) is 0 Å². The molecular formula is C27H26Br2N2O5S. The number of carbonyl (C=O) groups is 1. The summed E-state index contributed by atoms with van der Waals surface area (Å²) >= 11 is 8.28. The Kier molecular flexibility index (Phi) is 8.40. The standard InChI is InChI=1S/C27H26Br2N2O5S/c1-6-35-26(33)23-15(4)30-27-31(24(23)19-13-18(29)8-10-21(19)34-5)25(32)22(37-27)12-16-11-17(28)7-9-20(16)36-14(2)3/h7-14,24H,6H2,1-5H3/b22-12-/t24-/m1/s1. The van der Waals surface area contributed by atoms with Crippen molar-refractivity contribution in [3.63, 3.8) is 0 Å². The van der Waals surface area contributed by atoms with Crippen molar-refractivity contribution in [2.24, 2.45) is 4.99 Å². The van der Waals surface area contributed by atoms with Crippen LogP contribution in [-0.4, -0.2) is 30.4 Å². The van der Waals surface area contributed by atoms with Gasteiger partial charge in [-0.25, -0.2) is 9.79 Å². The predicted octanol–water partition coefficient (Wildman–Crippen LogP) is 5.12. The van der Waals surface area contributed by atoms with Gasteiger partial charge in [0.15, 0.2) is 4.80 Å². The van der Waals surface area contributed by atoms with Crippen LogP contribution in [0, 0.1) is 0 Å². The highest BCUT2D eigenvalue weighted by Crippen LogP contribution is 2.37. The molecular weight excluding hydrogens is 624 g/mol. The second-order valence-corrected chi connectivity index (χ2v) is 11.4. The molecule has 1 aromatic heterocycles. The summed E-state index contributed by atoms with van der Waals surface area (Å²) in [5.41, 5.74) is 1.91. The zero-order valence-corrected chi connectivity index (χ0v) is 25.0. The first-order chi connectivity index (χ1) is 17.6. The fourth-order valence-corrected chi connectivity index (χ4v) is 5.93. The first kappa shape index (κ1) is 27.3. The molecule has 0 N–H and O–H groups in total. The van der Waals surface area contributed by atoms with Gasteiger partial charge < -0.3 is 14.2 Å². The molecule has 37 heavy (non-hydrogen) atoms. The maximum atomic E-state index is 13.9. The van der Waals surface area contributed by atoms with Crippen LogP contribution in [0.25, 0.3) is 6.08 Å². The van der Waals surface area contributed by atoms with Crippen molar-refractivity contribution in [3.8, 4) is 11.5 Å². The Morgan fingerprint density at radius 1 is 1.16 bits per heavy atom. The summed E-state index contributed by atoms with van der Waals surface area (Å²) in [7, 11) is 1.56.